The zero-order valence-corrected chi connectivity index (χ0v) is 9.92. The summed E-state index contributed by atoms with van der Waals surface area (Å²) in [5.41, 5.74) is 3.12. The molecule has 4 heteroatoms. The average Bonchev–Trinajstić information content (AvgIpc) is 2.65. The van der Waals surface area contributed by atoms with Crippen LogP contribution in [0, 0.1) is 6.92 Å². The maximum absolute atomic E-state index is 11.8. The first-order valence-electron chi connectivity index (χ1n) is 5.42. The molecule has 0 amide bonds. The maximum Gasteiger partial charge on any atom is 0.257 e. The molecule has 0 saturated heterocycles. The molecule has 0 aromatic carbocycles. The lowest BCUT2D eigenvalue weighted by Crippen LogP contribution is -2.16. The molecule has 0 aliphatic rings. The molecule has 4 nitrogen and oxygen atoms in total. The summed E-state index contributed by atoms with van der Waals surface area (Å²) in [5.74, 6) is 0. The summed E-state index contributed by atoms with van der Waals surface area (Å²) < 4.78 is 0. The summed E-state index contributed by atoms with van der Waals surface area (Å²) in [4.78, 5) is 19.8. The van der Waals surface area contributed by atoms with Crippen molar-refractivity contribution in [3.8, 4) is 0 Å². The topological polar surface area (TPSA) is 51.9 Å². The molecule has 0 aliphatic carbocycles. The average molecular weight is 219 g/mol. The van der Waals surface area contributed by atoms with Crippen LogP contribution in [0.1, 0.15) is 11.1 Å². The molecule has 2 heterocycles. The number of nitrogens with one attached hydrogen (secondary N) is 2. The Morgan fingerprint density at radius 3 is 2.69 bits per heavy atom. The van der Waals surface area contributed by atoms with Crippen LogP contribution in [0.2, 0.25) is 0 Å². The molecule has 0 unspecified atom stereocenters. The fourth-order valence-corrected chi connectivity index (χ4v) is 1.89. The summed E-state index contributed by atoms with van der Waals surface area (Å²) in [6.45, 7) is 2.94. The summed E-state index contributed by atoms with van der Waals surface area (Å²) in [6, 6.07) is 0. The lowest BCUT2D eigenvalue weighted by Gasteiger charge is -2.07. The molecule has 0 atom stereocenters. The van der Waals surface area contributed by atoms with Gasteiger partial charge in [-0.3, -0.25) is 4.79 Å². The second kappa shape index (κ2) is 4.14. The predicted molar refractivity (Wildman–Crippen MR) is 65.9 cm³/mol. The van der Waals surface area contributed by atoms with Gasteiger partial charge in [0.2, 0.25) is 0 Å². The van der Waals surface area contributed by atoms with Crippen molar-refractivity contribution < 1.29 is 0 Å². The monoisotopic (exact) mass is 219 g/mol. The molecule has 16 heavy (non-hydrogen) atoms. The third kappa shape index (κ3) is 1.88. The maximum atomic E-state index is 11.8. The zero-order valence-electron chi connectivity index (χ0n) is 9.92. The van der Waals surface area contributed by atoms with E-state index < -0.39 is 0 Å². The van der Waals surface area contributed by atoms with Crippen LogP contribution in [0.4, 0.5) is 0 Å². The van der Waals surface area contributed by atoms with Crippen LogP contribution in [0.3, 0.4) is 0 Å². The second-order valence-electron chi connectivity index (χ2n) is 4.42. The Bertz CT molecular complexity index is 551. The van der Waals surface area contributed by atoms with Gasteiger partial charge >= 0.3 is 0 Å². The number of rotatable bonds is 3. The molecule has 0 radical (unpaired) electrons. The Balaban J connectivity index is 2.47. The molecule has 2 aromatic heterocycles. The van der Waals surface area contributed by atoms with E-state index in [9.17, 15) is 4.79 Å². The van der Waals surface area contributed by atoms with E-state index in [1.807, 2.05) is 27.2 Å². The summed E-state index contributed by atoms with van der Waals surface area (Å²) in [7, 11) is 4.06. The van der Waals surface area contributed by atoms with Crippen molar-refractivity contribution in [3.63, 3.8) is 0 Å². The van der Waals surface area contributed by atoms with Gasteiger partial charge in [-0.15, -0.1) is 0 Å². The van der Waals surface area contributed by atoms with Gasteiger partial charge in [0, 0.05) is 18.9 Å². The molecule has 0 fully saturated rings. The molecule has 2 rings (SSSR count). The van der Waals surface area contributed by atoms with Gasteiger partial charge in [0.25, 0.3) is 5.56 Å². The van der Waals surface area contributed by atoms with E-state index >= 15 is 0 Å². The molecular weight excluding hydrogens is 202 g/mol. The molecule has 0 saturated carbocycles. The fourth-order valence-electron chi connectivity index (χ4n) is 1.89. The van der Waals surface area contributed by atoms with E-state index in [1.54, 1.807) is 6.20 Å². The Hall–Kier alpha value is -1.55. The van der Waals surface area contributed by atoms with Crippen LogP contribution >= 0.6 is 0 Å². The van der Waals surface area contributed by atoms with Gasteiger partial charge in [-0.05, 0) is 38.6 Å². The predicted octanol–water partition coefficient (Wildman–Crippen LogP) is 1.27. The number of likely N-dealkylation sites (N-methyl/N-ethyl adjacent to an activating group) is 1. The SMILES string of the molecule is Cc1c[nH]c(=O)c2c(CCN(C)C)c[nH]c12. The molecular formula is C12H17N3O. The Kier molecular flexibility index (Phi) is 2.83. The van der Waals surface area contributed by atoms with Crippen LogP contribution in [-0.4, -0.2) is 35.5 Å². The summed E-state index contributed by atoms with van der Waals surface area (Å²) >= 11 is 0. The fraction of sp³-hybridized carbons (Fsp3) is 0.417. The van der Waals surface area contributed by atoms with Crippen LogP contribution in [-0.2, 0) is 6.42 Å². The molecule has 0 aliphatic heterocycles. The van der Waals surface area contributed by atoms with Gasteiger partial charge < -0.3 is 14.9 Å². The van der Waals surface area contributed by atoms with Crippen molar-refractivity contribution in [1.82, 2.24) is 14.9 Å². The number of aromatic nitrogens is 2. The quantitative estimate of drug-likeness (QED) is 0.816. The van der Waals surface area contributed by atoms with E-state index in [4.69, 9.17) is 0 Å². The molecule has 2 aromatic rings. The van der Waals surface area contributed by atoms with Gasteiger partial charge in [-0.2, -0.15) is 0 Å². The van der Waals surface area contributed by atoms with Crippen LogP contribution in [0.5, 0.6) is 0 Å². The normalized spacial score (nSPS) is 11.5. The van der Waals surface area contributed by atoms with Gasteiger partial charge in [0.1, 0.15) is 0 Å². The molecule has 2 N–H and O–H groups in total. The third-order valence-corrected chi connectivity index (χ3v) is 2.83. The van der Waals surface area contributed by atoms with Crippen molar-refractivity contribution in [2.45, 2.75) is 13.3 Å². The Morgan fingerprint density at radius 2 is 2.00 bits per heavy atom. The summed E-state index contributed by atoms with van der Waals surface area (Å²) in [5, 5.41) is 0.807. The van der Waals surface area contributed by atoms with Gasteiger partial charge in [0.05, 0.1) is 10.9 Å². The summed E-state index contributed by atoms with van der Waals surface area (Å²) in [6.07, 6.45) is 4.58. The van der Waals surface area contributed by atoms with E-state index in [0.717, 1.165) is 35.0 Å². The first-order chi connectivity index (χ1) is 7.59. The highest BCUT2D eigenvalue weighted by molar-refractivity contribution is 5.84. The second-order valence-corrected chi connectivity index (χ2v) is 4.42. The highest BCUT2D eigenvalue weighted by atomic mass is 16.1. The van der Waals surface area contributed by atoms with Gasteiger partial charge in [-0.1, -0.05) is 0 Å². The molecule has 86 valence electrons. The number of hydrogen-bond donors (Lipinski definition) is 2. The van der Waals surface area contributed by atoms with Gasteiger partial charge in [0.15, 0.2) is 0 Å². The Labute approximate surface area is 94.3 Å². The van der Waals surface area contributed by atoms with Crippen molar-refractivity contribution in [2.75, 3.05) is 20.6 Å². The first-order valence-corrected chi connectivity index (χ1v) is 5.42. The number of fused-ring (bicyclic) bond motifs is 1. The number of aryl methyl sites for hydroxylation is 1. The van der Waals surface area contributed by atoms with Crippen molar-refractivity contribution >= 4 is 10.9 Å². The lowest BCUT2D eigenvalue weighted by atomic mass is 10.1. The molecule has 0 spiro atoms. The minimum Gasteiger partial charge on any atom is -0.360 e. The zero-order chi connectivity index (χ0) is 11.7. The van der Waals surface area contributed by atoms with E-state index in [2.05, 4.69) is 14.9 Å². The van der Waals surface area contributed by atoms with Crippen LogP contribution in [0.15, 0.2) is 17.2 Å². The van der Waals surface area contributed by atoms with E-state index in [0.29, 0.717) is 0 Å². The minimum absolute atomic E-state index is 0.00407. The first kappa shape index (κ1) is 11.0. The smallest absolute Gasteiger partial charge is 0.257 e. The number of aromatic amines is 2. The molecule has 0 bridgehead atoms. The Morgan fingerprint density at radius 1 is 1.25 bits per heavy atom. The minimum atomic E-state index is -0.00407. The number of pyridine rings is 1. The highest BCUT2D eigenvalue weighted by Crippen LogP contribution is 2.17. The van der Waals surface area contributed by atoms with Crippen molar-refractivity contribution in [2.24, 2.45) is 0 Å². The standard InChI is InChI=1S/C12H17N3O/c1-8-6-14-12(16)10-9(4-5-15(2)3)7-13-11(8)10/h6-7,13H,4-5H2,1-3H3,(H,14,16). The van der Waals surface area contributed by atoms with E-state index in [-0.39, 0.29) is 5.56 Å². The highest BCUT2D eigenvalue weighted by Gasteiger charge is 2.09. The number of hydrogen-bond acceptors (Lipinski definition) is 2. The van der Waals surface area contributed by atoms with Crippen LogP contribution in [0.25, 0.3) is 10.9 Å². The van der Waals surface area contributed by atoms with Crippen molar-refractivity contribution in [1.29, 1.82) is 0 Å². The largest absolute Gasteiger partial charge is 0.360 e. The van der Waals surface area contributed by atoms with Gasteiger partial charge in [-0.25, -0.2) is 0 Å². The van der Waals surface area contributed by atoms with Crippen LogP contribution < -0.4 is 5.56 Å². The number of H-pyrrole nitrogens is 2. The van der Waals surface area contributed by atoms with Crippen molar-refractivity contribution in [3.05, 3.63) is 33.9 Å². The number of nitrogens with zero attached hydrogens (tertiary/aromatic N) is 1. The van der Waals surface area contributed by atoms with E-state index in [1.165, 1.54) is 0 Å². The third-order valence-electron chi connectivity index (χ3n) is 2.83. The lowest BCUT2D eigenvalue weighted by molar-refractivity contribution is 0.414.